The van der Waals surface area contributed by atoms with Crippen molar-refractivity contribution >= 4 is 59.2 Å². The zero-order valence-electron chi connectivity index (χ0n) is 33.5. The number of urea groups is 1. The number of carbonyl (C=O) groups is 7. The first-order valence-corrected chi connectivity index (χ1v) is 21.4. The van der Waals surface area contributed by atoms with Crippen LogP contribution in [0.15, 0.2) is 24.3 Å². The second kappa shape index (κ2) is 24.6. The van der Waals surface area contributed by atoms with E-state index in [1.807, 2.05) is 23.9 Å². The molecule has 328 valence electrons. The Bertz CT molecular complexity index is 1590. The highest BCUT2D eigenvalue weighted by Gasteiger charge is 2.42. The summed E-state index contributed by atoms with van der Waals surface area (Å²) >= 11 is 1.87. The van der Waals surface area contributed by atoms with E-state index in [0.29, 0.717) is 43.2 Å². The number of amides is 4. The van der Waals surface area contributed by atoms with E-state index < -0.39 is 29.9 Å². The molecule has 1 aromatic rings. The van der Waals surface area contributed by atoms with E-state index in [9.17, 15) is 54.0 Å². The van der Waals surface area contributed by atoms with Crippen LogP contribution in [0.1, 0.15) is 56.9 Å². The summed E-state index contributed by atoms with van der Waals surface area (Å²) in [6.45, 7) is 0.613. The van der Waals surface area contributed by atoms with Crippen LogP contribution in [0, 0.1) is 0 Å². The van der Waals surface area contributed by atoms with Crippen molar-refractivity contribution in [3.8, 4) is 0 Å². The molecule has 1 aromatic carbocycles. The van der Waals surface area contributed by atoms with Gasteiger partial charge in [0.2, 0.25) is 11.8 Å². The highest BCUT2D eigenvalue weighted by molar-refractivity contribution is 8.00. The number of carboxylic acid groups (broad SMARTS) is 4. The lowest BCUT2D eigenvalue weighted by molar-refractivity contribution is -0.142. The van der Waals surface area contributed by atoms with Gasteiger partial charge in [-0.05, 0) is 49.8 Å². The van der Waals surface area contributed by atoms with Crippen LogP contribution in [0.2, 0.25) is 0 Å². The fourth-order valence-corrected chi connectivity index (χ4v) is 9.30. The van der Waals surface area contributed by atoms with Gasteiger partial charge >= 0.3 is 29.9 Å². The lowest BCUT2D eigenvalue weighted by Gasteiger charge is -2.37. The minimum atomic E-state index is -1.09. The van der Waals surface area contributed by atoms with E-state index >= 15 is 0 Å². The van der Waals surface area contributed by atoms with E-state index in [0.717, 1.165) is 43.4 Å². The van der Waals surface area contributed by atoms with E-state index in [2.05, 4.69) is 21.3 Å². The highest BCUT2D eigenvalue weighted by atomic mass is 32.2. The molecule has 0 spiro atoms. The molecule has 3 aliphatic rings. The van der Waals surface area contributed by atoms with Gasteiger partial charge in [-0.1, -0.05) is 25.0 Å². The average Bonchev–Trinajstić information content (AvgIpc) is 3.72. The Kier molecular flexibility index (Phi) is 19.6. The number of benzene rings is 1. The zero-order chi connectivity index (χ0) is 42.7. The fourth-order valence-electron chi connectivity index (χ4n) is 7.75. The molecule has 0 aromatic heterocycles. The molecule has 3 fully saturated rings. The minimum Gasteiger partial charge on any atom is -0.480 e. The molecule has 0 saturated carbocycles. The molecular formula is C39H60N8O11S. The number of anilines is 1. The monoisotopic (exact) mass is 848 g/mol. The van der Waals surface area contributed by atoms with Crippen molar-refractivity contribution in [3.63, 3.8) is 0 Å². The topological polar surface area (TPSA) is 261 Å². The smallest absolute Gasteiger partial charge is 0.317 e. The number of thioether (sulfide) groups is 1. The maximum absolute atomic E-state index is 12.7. The largest absolute Gasteiger partial charge is 0.480 e. The third-order valence-electron chi connectivity index (χ3n) is 10.8. The Hall–Kier alpha value is -4.50. The number of hydrogen-bond acceptors (Lipinski definition) is 12. The summed E-state index contributed by atoms with van der Waals surface area (Å²) in [6, 6.07) is 6.91. The van der Waals surface area contributed by atoms with Gasteiger partial charge < -0.3 is 41.7 Å². The maximum atomic E-state index is 12.7. The summed E-state index contributed by atoms with van der Waals surface area (Å²) in [5, 5.41) is 50.7. The van der Waals surface area contributed by atoms with Gasteiger partial charge in [-0.25, -0.2) is 4.79 Å². The normalized spacial score (nSPS) is 22.3. The number of fused-ring (bicyclic) bond motifs is 1. The summed E-state index contributed by atoms with van der Waals surface area (Å²) < 4.78 is 0. The molecule has 3 heterocycles. The van der Waals surface area contributed by atoms with Gasteiger partial charge in [0, 0.05) is 87.9 Å². The number of hydrogen-bond donors (Lipinski definition) is 8. The SMILES string of the molecule is O=C(O)CN1CCN(CC(=O)O)CCN(CC(=O)O)C(Cc2ccc(NC(=O)CCCCCNC(=O)CCCCC3SCC4NC(=O)NC43)cc2)CN(CC(=O)O)CC1. The second-order valence-corrected chi connectivity index (χ2v) is 16.7. The Labute approximate surface area is 348 Å². The van der Waals surface area contributed by atoms with Crippen molar-refractivity contribution in [2.75, 3.05) is 89.6 Å². The zero-order valence-corrected chi connectivity index (χ0v) is 34.3. The molecule has 4 amide bonds. The number of unbranched alkanes of at least 4 members (excludes halogenated alkanes) is 3. The van der Waals surface area contributed by atoms with E-state index in [1.165, 1.54) is 0 Å². The molecule has 4 rings (SSSR count). The average molecular weight is 849 g/mol. The molecular weight excluding hydrogens is 789 g/mol. The number of nitrogens with zero attached hydrogens (tertiary/aromatic N) is 4. The third-order valence-corrected chi connectivity index (χ3v) is 12.3. The molecule has 4 unspecified atom stereocenters. The molecule has 59 heavy (non-hydrogen) atoms. The van der Waals surface area contributed by atoms with E-state index in [4.69, 9.17) is 0 Å². The highest BCUT2D eigenvalue weighted by Crippen LogP contribution is 2.33. The van der Waals surface area contributed by atoms with Crippen LogP contribution in [-0.2, 0) is 35.2 Å². The van der Waals surface area contributed by atoms with Crippen LogP contribution >= 0.6 is 11.8 Å². The lowest BCUT2D eigenvalue weighted by Crippen LogP contribution is -2.53. The van der Waals surface area contributed by atoms with E-state index in [-0.39, 0.29) is 102 Å². The Morgan fingerprint density at radius 1 is 0.678 bits per heavy atom. The van der Waals surface area contributed by atoms with Crippen molar-refractivity contribution in [2.45, 2.75) is 81.2 Å². The first-order chi connectivity index (χ1) is 28.2. The quantitative estimate of drug-likeness (QED) is 0.0584. The predicted molar refractivity (Wildman–Crippen MR) is 219 cm³/mol. The van der Waals surface area contributed by atoms with Crippen molar-refractivity contribution < 1.29 is 54.0 Å². The van der Waals surface area contributed by atoms with Gasteiger partial charge in [0.05, 0.1) is 38.3 Å². The van der Waals surface area contributed by atoms with Gasteiger partial charge in [0.25, 0.3) is 0 Å². The lowest BCUT2D eigenvalue weighted by atomic mass is 10.0. The molecule has 0 bridgehead atoms. The minimum absolute atomic E-state index is 0.0178. The third kappa shape index (κ3) is 17.7. The molecule has 19 nitrogen and oxygen atoms in total. The van der Waals surface area contributed by atoms with Crippen LogP contribution in [0.4, 0.5) is 10.5 Å². The molecule has 0 aliphatic carbocycles. The van der Waals surface area contributed by atoms with Crippen LogP contribution in [0.3, 0.4) is 0 Å². The van der Waals surface area contributed by atoms with Crippen molar-refractivity contribution in [1.29, 1.82) is 0 Å². The van der Waals surface area contributed by atoms with Gasteiger partial charge in [-0.2, -0.15) is 11.8 Å². The maximum Gasteiger partial charge on any atom is 0.317 e. The van der Waals surface area contributed by atoms with Crippen LogP contribution in [0.25, 0.3) is 0 Å². The van der Waals surface area contributed by atoms with Gasteiger partial charge in [0.15, 0.2) is 0 Å². The van der Waals surface area contributed by atoms with E-state index in [1.54, 1.807) is 31.7 Å². The molecule has 8 N–H and O–H groups in total. The van der Waals surface area contributed by atoms with Crippen LogP contribution in [0.5, 0.6) is 0 Å². The van der Waals surface area contributed by atoms with Crippen molar-refractivity contribution in [1.82, 2.24) is 35.6 Å². The summed E-state index contributed by atoms with van der Waals surface area (Å²) in [5.41, 5.74) is 1.39. The summed E-state index contributed by atoms with van der Waals surface area (Å²) in [4.78, 5) is 90.3. The molecule has 0 radical (unpaired) electrons. The Balaban J connectivity index is 1.23. The first kappa shape index (κ1) is 47.2. The Morgan fingerprint density at radius 3 is 1.90 bits per heavy atom. The second-order valence-electron chi connectivity index (χ2n) is 15.5. The number of rotatable bonds is 22. The van der Waals surface area contributed by atoms with Crippen LogP contribution < -0.4 is 21.3 Å². The van der Waals surface area contributed by atoms with Crippen LogP contribution in [-0.4, -0.2) is 189 Å². The number of carbonyl (C=O) groups excluding carboxylic acids is 3. The van der Waals surface area contributed by atoms with Crippen molar-refractivity contribution in [2.24, 2.45) is 0 Å². The standard InChI is InChI=1S/C39H60N8O11S/c48-32(7-4-3-6-31-38-30(26-59-31)42-39(58)43-38)40-13-5-1-2-8-33(49)41-28-11-9-27(10-12-28)20-29-21-46(24-36(54)55)17-16-44(22-34(50)51)14-15-45(23-35(52)53)18-19-47(29)25-37(56)57/h9-12,29-31,38H,1-8,13-26H2,(H,40,48)(H,41,49)(H,50,51)(H,52,53)(H,54,55)(H,56,57)(H2,42,43,58). The predicted octanol–water partition coefficient (Wildman–Crippen LogP) is 0.499. The molecule has 3 aliphatic heterocycles. The van der Waals surface area contributed by atoms with Gasteiger partial charge in [0.1, 0.15) is 0 Å². The molecule has 20 heteroatoms. The summed E-state index contributed by atoms with van der Waals surface area (Å²) in [5.74, 6) is -3.52. The molecule has 4 atom stereocenters. The number of nitrogens with one attached hydrogen (secondary N) is 4. The molecule has 3 saturated heterocycles. The number of aliphatic carboxylic acids is 4. The fraction of sp³-hybridized carbons (Fsp3) is 0.667. The van der Waals surface area contributed by atoms with Gasteiger partial charge in [-0.15, -0.1) is 0 Å². The first-order valence-electron chi connectivity index (χ1n) is 20.4. The summed E-state index contributed by atoms with van der Waals surface area (Å²) in [6.07, 6.45) is 5.96. The van der Waals surface area contributed by atoms with Crippen molar-refractivity contribution in [3.05, 3.63) is 29.8 Å². The Morgan fingerprint density at radius 2 is 1.25 bits per heavy atom. The summed E-state index contributed by atoms with van der Waals surface area (Å²) in [7, 11) is 0. The number of carboxylic acids is 4. The van der Waals surface area contributed by atoms with Gasteiger partial charge in [-0.3, -0.25) is 48.4 Å².